The fourth-order valence-electron chi connectivity index (χ4n) is 6.10. The molecule has 2 aromatic carbocycles. The van der Waals surface area contributed by atoms with Crippen molar-refractivity contribution in [1.29, 1.82) is 0 Å². The molecule has 4 aromatic rings. The molecule has 6 rings (SSSR count). The Bertz CT molecular complexity index is 1500. The molecule has 2 fully saturated rings. The first-order chi connectivity index (χ1) is 18.0. The van der Waals surface area contributed by atoms with Gasteiger partial charge in [0.15, 0.2) is 0 Å². The summed E-state index contributed by atoms with van der Waals surface area (Å²) in [5, 5.41) is 21.5. The lowest BCUT2D eigenvalue weighted by molar-refractivity contribution is -0.121. The molecule has 1 aliphatic heterocycles. The topological polar surface area (TPSA) is 133 Å². The number of benzene rings is 2. The summed E-state index contributed by atoms with van der Waals surface area (Å²) in [4.78, 5) is 42.9. The number of anilines is 1. The van der Waals surface area contributed by atoms with E-state index in [1.54, 1.807) is 36.4 Å². The summed E-state index contributed by atoms with van der Waals surface area (Å²) in [5.41, 5.74) is 2.89. The van der Waals surface area contributed by atoms with Crippen molar-refractivity contribution in [3.8, 4) is 0 Å². The van der Waals surface area contributed by atoms with Crippen molar-refractivity contribution in [3.63, 3.8) is 0 Å². The van der Waals surface area contributed by atoms with Crippen LogP contribution in [0.5, 0.6) is 0 Å². The van der Waals surface area contributed by atoms with Gasteiger partial charge in [-0.1, -0.05) is 49.5 Å². The number of nitrogens with zero attached hydrogens (tertiary/aromatic N) is 4. The smallest absolute Gasteiger partial charge is 0.407 e. The Kier molecular flexibility index (Phi) is 5.86. The molecule has 37 heavy (non-hydrogen) atoms. The van der Waals surface area contributed by atoms with Gasteiger partial charge in [-0.15, -0.1) is 5.10 Å². The average molecular weight is 501 g/mol. The number of fused-ring (bicyclic) bond motifs is 2. The highest BCUT2D eigenvalue weighted by molar-refractivity contribution is 6.03. The Morgan fingerprint density at radius 2 is 1.81 bits per heavy atom. The predicted octanol–water partition coefficient (Wildman–Crippen LogP) is 4.49. The van der Waals surface area contributed by atoms with Crippen LogP contribution in [0.3, 0.4) is 0 Å². The molecule has 0 radical (unpaired) electrons. The third-order valence-corrected chi connectivity index (χ3v) is 7.88. The van der Waals surface area contributed by atoms with Gasteiger partial charge in [0.25, 0.3) is 5.91 Å². The molecular formula is C27H28N6O4. The highest BCUT2D eigenvalue weighted by atomic mass is 16.4. The first kappa shape index (κ1) is 23.2. The van der Waals surface area contributed by atoms with Gasteiger partial charge in [0, 0.05) is 23.1 Å². The Balaban J connectivity index is 1.24. The highest BCUT2D eigenvalue weighted by Crippen LogP contribution is 2.39. The Hall–Kier alpha value is -4.21. The van der Waals surface area contributed by atoms with E-state index in [0.29, 0.717) is 41.3 Å². The van der Waals surface area contributed by atoms with Crippen LogP contribution >= 0.6 is 0 Å². The number of hydrogen-bond acceptors (Lipinski definition) is 5. The molecule has 2 atom stereocenters. The van der Waals surface area contributed by atoms with E-state index >= 15 is 0 Å². The molecule has 190 valence electrons. The lowest BCUT2D eigenvalue weighted by Crippen LogP contribution is -2.47. The molecule has 2 aliphatic rings. The van der Waals surface area contributed by atoms with Crippen LogP contribution in [-0.4, -0.2) is 60.5 Å². The fraction of sp³-hybridized carbons (Fsp3) is 0.370. The van der Waals surface area contributed by atoms with E-state index in [0.717, 1.165) is 36.6 Å². The number of carboxylic acid groups (broad SMARTS) is 1. The van der Waals surface area contributed by atoms with Crippen LogP contribution in [0.1, 0.15) is 49.0 Å². The lowest BCUT2D eigenvalue weighted by atomic mass is 9.76. The summed E-state index contributed by atoms with van der Waals surface area (Å²) >= 11 is 0. The number of para-hydroxylation sites is 1. The summed E-state index contributed by atoms with van der Waals surface area (Å²) < 4.78 is 1.26. The maximum Gasteiger partial charge on any atom is 0.407 e. The van der Waals surface area contributed by atoms with Crippen molar-refractivity contribution in [2.24, 2.45) is 11.8 Å². The van der Waals surface area contributed by atoms with Gasteiger partial charge in [-0.3, -0.25) is 14.5 Å². The summed E-state index contributed by atoms with van der Waals surface area (Å²) in [6.07, 6.45) is 5.25. The van der Waals surface area contributed by atoms with Gasteiger partial charge >= 0.3 is 6.09 Å². The van der Waals surface area contributed by atoms with Crippen LogP contribution < -0.4 is 5.32 Å². The zero-order valence-corrected chi connectivity index (χ0v) is 20.3. The molecule has 10 heteroatoms. The molecule has 10 nitrogen and oxygen atoms in total. The third-order valence-electron chi connectivity index (χ3n) is 7.88. The molecule has 2 amide bonds. The molecule has 0 bridgehead atoms. The van der Waals surface area contributed by atoms with Gasteiger partial charge in [-0.05, 0) is 54.7 Å². The Morgan fingerprint density at radius 3 is 2.62 bits per heavy atom. The third kappa shape index (κ3) is 4.22. The minimum absolute atomic E-state index is 0.0362. The fourth-order valence-corrected chi connectivity index (χ4v) is 6.10. The van der Waals surface area contributed by atoms with Gasteiger partial charge in [0.2, 0.25) is 5.91 Å². The van der Waals surface area contributed by atoms with Crippen LogP contribution in [0, 0.1) is 11.8 Å². The molecule has 1 saturated carbocycles. The van der Waals surface area contributed by atoms with Crippen LogP contribution in [0.4, 0.5) is 10.5 Å². The second-order valence-electron chi connectivity index (χ2n) is 10.0. The predicted molar refractivity (Wildman–Crippen MR) is 137 cm³/mol. The van der Waals surface area contributed by atoms with E-state index in [4.69, 9.17) is 0 Å². The summed E-state index contributed by atoms with van der Waals surface area (Å²) in [5.74, 6) is -0.221. The SMILES string of the molecule is O=C(Nc1ccc2[nH]c(C(=O)n3nnc4ccccc43)cc2c1)[C@@H]1[C@H](C2CCCCC2)CCN1C(=O)O. The molecule has 3 heterocycles. The standard InChI is InChI=1S/C27H28N6O4/c34-25(24-19(12-13-32(24)27(36)37)16-6-2-1-3-7-16)28-18-10-11-20-17(14-18)15-22(29-20)26(35)33-23-9-5-4-8-21(23)30-31-33/h4-5,8-11,14-16,19,24,29H,1-3,6-7,12-13H2,(H,28,34)(H,36,37)/t19-,24-/m0/s1. The number of H-pyrrole nitrogens is 1. The van der Waals surface area contributed by atoms with Crippen LogP contribution in [-0.2, 0) is 4.79 Å². The van der Waals surface area contributed by atoms with E-state index in [9.17, 15) is 19.5 Å². The van der Waals surface area contributed by atoms with Crippen molar-refractivity contribution in [2.45, 2.75) is 44.6 Å². The zero-order valence-electron chi connectivity index (χ0n) is 20.3. The molecule has 0 unspecified atom stereocenters. The van der Waals surface area contributed by atoms with Crippen molar-refractivity contribution in [1.82, 2.24) is 24.9 Å². The number of aromatic amines is 1. The summed E-state index contributed by atoms with van der Waals surface area (Å²) in [7, 11) is 0. The first-order valence-corrected chi connectivity index (χ1v) is 12.8. The molecule has 2 aromatic heterocycles. The number of likely N-dealkylation sites (tertiary alicyclic amines) is 1. The first-order valence-electron chi connectivity index (χ1n) is 12.8. The van der Waals surface area contributed by atoms with E-state index in [-0.39, 0.29) is 17.7 Å². The number of nitrogens with one attached hydrogen (secondary N) is 2. The number of hydrogen-bond donors (Lipinski definition) is 3. The molecule has 0 spiro atoms. The zero-order chi connectivity index (χ0) is 25.5. The number of amides is 2. The van der Waals surface area contributed by atoms with Crippen molar-refractivity contribution >= 4 is 45.5 Å². The van der Waals surface area contributed by atoms with Crippen molar-refractivity contribution in [2.75, 3.05) is 11.9 Å². The second kappa shape index (κ2) is 9.34. The van der Waals surface area contributed by atoms with Gasteiger partial charge in [-0.2, -0.15) is 4.68 Å². The molecule has 3 N–H and O–H groups in total. The second-order valence-corrected chi connectivity index (χ2v) is 10.0. The van der Waals surface area contributed by atoms with Gasteiger partial charge in [-0.25, -0.2) is 4.79 Å². The van der Waals surface area contributed by atoms with Crippen LogP contribution in [0.15, 0.2) is 48.5 Å². The minimum Gasteiger partial charge on any atom is -0.465 e. The largest absolute Gasteiger partial charge is 0.465 e. The highest BCUT2D eigenvalue weighted by Gasteiger charge is 2.45. The molecule has 1 aliphatic carbocycles. The lowest BCUT2D eigenvalue weighted by Gasteiger charge is -2.32. The number of carbonyl (C=O) groups excluding carboxylic acids is 2. The van der Waals surface area contributed by atoms with Crippen LogP contribution in [0.25, 0.3) is 21.9 Å². The summed E-state index contributed by atoms with van der Waals surface area (Å²) in [6, 6.07) is 13.6. The van der Waals surface area contributed by atoms with E-state index < -0.39 is 12.1 Å². The number of aromatic nitrogens is 4. The minimum atomic E-state index is -1.05. The van der Waals surface area contributed by atoms with E-state index in [1.165, 1.54) is 16.0 Å². The Labute approximate surface area is 212 Å². The van der Waals surface area contributed by atoms with Crippen molar-refractivity contribution < 1.29 is 19.5 Å². The van der Waals surface area contributed by atoms with Gasteiger partial charge < -0.3 is 15.4 Å². The normalized spacial score (nSPS) is 20.5. The number of carbonyl (C=O) groups is 3. The number of rotatable bonds is 4. The van der Waals surface area contributed by atoms with Crippen LogP contribution in [0.2, 0.25) is 0 Å². The van der Waals surface area contributed by atoms with Gasteiger partial charge in [0.05, 0.1) is 5.52 Å². The van der Waals surface area contributed by atoms with E-state index in [2.05, 4.69) is 20.6 Å². The summed E-state index contributed by atoms with van der Waals surface area (Å²) in [6.45, 7) is 0.383. The van der Waals surface area contributed by atoms with E-state index in [1.807, 2.05) is 12.1 Å². The monoisotopic (exact) mass is 500 g/mol. The Morgan fingerprint density at radius 1 is 1.00 bits per heavy atom. The maximum absolute atomic E-state index is 13.4. The molecular weight excluding hydrogens is 472 g/mol. The quantitative estimate of drug-likeness (QED) is 0.378. The maximum atomic E-state index is 13.4. The average Bonchev–Trinajstić information content (AvgIpc) is 3.65. The van der Waals surface area contributed by atoms with Crippen molar-refractivity contribution in [3.05, 3.63) is 54.2 Å². The van der Waals surface area contributed by atoms with Gasteiger partial charge in [0.1, 0.15) is 17.3 Å². The molecule has 1 saturated heterocycles.